The van der Waals surface area contributed by atoms with Gasteiger partial charge in [-0.3, -0.25) is 15.2 Å². The lowest BCUT2D eigenvalue weighted by atomic mass is 10.2. The SMILES string of the molecule is N#CC=Cc1n[nH]c2ccc([N+](=O)[O-])cc12. The Morgan fingerprint density at radius 3 is 3.06 bits per heavy atom. The smallest absolute Gasteiger partial charge is 0.270 e. The van der Waals surface area contributed by atoms with Crippen molar-refractivity contribution in [2.75, 3.05) is 0 Å². The summed E-state index contributed by atoms with van der Waals surface area (Å²) in [6.07, 6.45) is 2.77. The summed E-state index contributed by atoms with van der Waals surface area (Å²) < 4.78 is 0. The minimum absolute atomic E-state index is 0.000470. The predicted octanol–water partition coefficient (Wildman–Crippen LogP) is 2.01. The zero-order valence-electron chi connectivity index (χ0n) is 8.04. The van der Waals surface area contributed by atoms with Crippen LogP contribution in [0.1, 0.15) is 5.69 Å². The van der Waals surface area contributed by atoms with Gasteiger partial charge in [0.15, 0.2) is 0 Å². The van der Waals surface area contributed by atoms with E-state index in [1.807, 2.05) is 6.07 Å². The lowest BCUT2D eigenvalue weighted by Crippen LogP contribution is -1.86. The number of benzene rings is 1. The molecule has 2 rings (SSSR count). The van der Waals surface area contributed by atoms with Crippen molar-refractivity contribution in [2.45, 2.75) is 0 Å². The van der Waals surface area contributed by atoms with Crippen LogP contribution in [0.2, 0.25) is 0 Å². The summed E-state index contributed by atoms with van der Waals surface area (Å²) >= 11 is 0. The number of nitro groups is 1. The Bertz CT molecular complexity index is 621. The van der Waals surface area contributed by atoms with Crippen LogP contribution in [-0.2, 0) is 0 Å². The van der Waals surface area contributed by atoms with E-state index in [2.05, 4.69) is 10.2 Å². The van der Waals surface area contributed by atoms with E-state index in [1.54, 1.807) is 6.07 Å². The lowest BCUT2D eigenvalue weighted by molar-refractivity contribution is -0.384. The molecule has 0 radical (unpaired) electrons. The summed E-state index contributed by atoms with van der Waals surface area (Å²) in [5, 5.41) is 26.3. The quantitative estimate of drug-likeness (QED) is 0.469. The molecule has 0 atom stereocenters. The average Bonchev–Trinajstić information content (AvgIpc) is 2.68. The number of hydrogen-bond acceptors (Lipinski definition) is 4. The zero-order chi connectivity index (χ0) is 11.5. The van der Waals surface area contributed by atoms with Gasteiger partial charge in [0, 0.05) is 23.6 Å². The van der Waals surface area contributed by atoms with Gasteiger partial charge in [-0.2, -0.15) is 10.4 Å². The molecule has 0 unspecified atom stereocenters. The first kappa shape index (κ1) is 9.86. The molecule has 16 heavy (non-hydrogen) atoms. The molecule has 6 heteroatoms. The number of non-ortho nitro benzene ring substituents is 1. The number of nitriles is 1. The van der Waals surface area contributed by atoms with Crippen LogP contribution < -0.4 is 0 Å². The summed E-state index contributed by atoms with van der Waals surface area (Å²) in [7, 11) is 0. The second-order valence-corrected chi connectivity index (χ2v) is 3.06. The van der Waals surface area contributed by atoms with Crippen LogP contribution in [0.3, 0.4) is 0 Å². The Kier molecular flexibility index (Phi) is 2.36. The highest BCUT2D eigenvalue weighted by molar-refractivity contribution is 5.88. The zero-order valence-corrected chi connectivity index (χ0v) is 8.04. The minimum atomic E-state index is -0.468. The fourth-order valence-corrected chi connectivity index (χ4v) is 1.38. The molecule has 1 N–H and O–H groups in total. The molecule has 0 amide bonds. The molecule has 1 aromatic heterocycles. The van der Waals surface area contributed by atoms with Crippen LogP contribution >= 0.6 is 0 Å². The van der Waals surface area contributed by atoms with Crippen LogP contribution in [0, 0.1) is 21.4 Å². The van der Waals surface area contributed by atoms with Crippen molar-refractivity contribution >= 4 is 22.7 Å². The monoisotopic (exact) mass is 214 g/mol. The molecule has 0 aliphatic carbocycles. The Morgan fingerprint density at radius 1 is 1.56 bits per heavy atom. The number of H-pyrrole nitrogens is 1. The molecule has 0 aliphatic rings. The highest BCUT2D eigenvalue weighted by atomic mass is 16.6. The molecule has 0 bridgehead atoms. The van der Waals surface area contributed by atoms with Crippen LogP contribution in [-0.4, -0.2) is 15.1 Å². The minimum Gasteiger partial charge on any atom is -0.277 e. The summed E-state index contributed by atoms with van der Waals surface area (Å²) in [5.74, 6) is 0. The van der Waals surface area contributed by atoms with Gasteiger partial charge in [-0.1, -0.05) is 0 Å². The maximum Gasteiger partial charge on any atom is 0.270 e. The molecule has 78 valence electrons. The van der Waals surface area contributed by atoms with E-state index in [1.165, 1.54) is 24.3 Å². The second kappa shape index (κ2) is 3.82. The van der Waals surface area contributed by atoms with E-state index in [0.29, 0.717) is 16.6 Å². The highest BCUT2D eigenvalue weighted by Gasteiger charge is 2.09. The number of aromatic amines is 1. The van der Waals surface area contributed by atoms with Gasteiger partial charge >= 0.3 is 0 Å². The van der Waals surface area contributed by atoms with E-state index < -0.39 is 4.92 Å². The van der Waals surface area contributed by atoms with Crippen molar-refractivity contribution in [3.63, 3.8) is 0 Å². The average molecular weight is 214 g/mol. The van der Waals surface area contributed by atoms with Crippen LogP contribution in [0.15, 0.2) is 24.3 Å². The molecule has 0 saturated carbocycles. The first-order chi connectivity index (χ1) is 7.72. The Morgan fingerprint density at radius 2 is 2.38 bits per heavy atom. The molecular formula is C10H6N4O2. The molecule has 6 nitrogen and oxygen atoms in total. The molecule has 1 heterocycles. The predicted molar refractivity (Wildman–Crippen MR) is 57.4 cm³/mol. The van der Waals surface area contributed by atoms with Crippen molar-refractivity contribution in [2.24, 2.45) is 0 Å². The number of nitro benzene ring substituents is 1. The van der Waals surface area contributed by atoms with E-state index in [-0.39, 0.29) is 5.69 Å². The lowest BCUT2D eigenvalue weighted by Gasteiger charge is -1.91. The summed E-state index contributed by atoms with van der Waals surface area (Å²) in [6, 6.07) is 6.25. The van der Waals surface area contributed by atoms with E-state index >= 15 is 0 Å². The highest BCUT2D eigenvalue weighted by Crippen LogP contribution is 2.22. The van der Waals surface area contributed by atoms with E-state index in [9.17, 15) is 10.1 Å². The molecule has 0 spiro atoms. The molecule has 0 aliphatic heterocycles. The van der Waals surface area contributed by atoms with Crippen molar-refractivity contribution in [3.05, 3.63) is 40.1 Å². The van der Waals surface area contributed by atoms with Gasteiger partial charge in [0.05, 0.1) is 22.2 Å². The van der Waals surface area contributed by atoms with Crippen molar-refractivity contribution in [1.29, 1.82) is 5.26 Å². The van der Waals surface area contributed by atoms with Gasteiger partial charge in [0.1, 0.15) is 0 Å². The molecular weight excluding hydrogens is 208 g/mol. The first-order valence-electron chi connectivity index (χ1n) is 4.41. The fourth-order valence-electron chi connectivity index (χ4n) is 1.38. The van der Waals surface area contributed by atoms with Crippen molar-refractivity contribution in [3.8, 4) is 6.07 Å². The van der Waals surface area contributed by atoms with Gasteiger partial charge in [-0.25, -0.2) is 0 Å². The third-order valence-corrected chi connectivity index (χ3v) is 2.10. The number of nitrogens with one attached hydrogen (secondary N) is 1. The number of rotatable bonds is 2. The Hall–Kier alpha value is -2.68. The van der Waals surface area contributed by atoms with Crippen molar-refractivity contribution in [1.82, 2.24) is 10.2 Å². The first-order valence-corrected chi connectivity index (χ1v) is 4.41. The molecule has 0 saturated heterocycles. The Labute approximate surface area is 90.0 Å². The topological polar surface area (TPSA) is 95.6 Å². The normalized spacial score (nSPS) is 10.7. The number of fused-ring (bicyclic) bond motifs is 1. The standard InChI is InChI=1S/C10H6N4O2/c11-5-1-2-9-8-6-7(14(15)16)3-4-10(8)13-12-9/h1-4,6H,(H,12,13). The summed E-state index contributed by atoms with van der Waals surface area (Å²) in [5.41, 5.74) is 1.21. The van der Waals surface area contributed by atoms with E-state index in [0.717, 1.165) is 0 Å². The van der Waals surface area contributed by atoms with Crippen LogP contribution in [0.25, 0.3) is 17.0 Å². The number of aromatic nitrogens is 2. The maximum atomic E-state index is 10.6. The summed E-state index contributed by atoms with van der Waals surface area (Å²) in [6.45, 7) is 0. The van der Waals surface area contributed by atoms with E-state index in [4.69, 9.17) is 5.26 Å². The van der Waals surface area contributed by atoms with Gasteiger partial charge in [-0.05, 0) is 12.1 Å². The largest absolute Gasteiger partial charge is 0.277 e. The fraction of sp³-hybridized carbons (Fsp3) is 0. The third kappa shape index (κ3) is 1.62. The molecule has 1 aromatic carbocycles. The number of nitrogens with zero attached hydrogens (tertiary/aromatic N) is 3. The van der Waals surface area contributed by atoms with Crippen LogP contribution in [0.5, 0.6) is 0 Å². The number of allylic oxidation sites excluding steroid dienone is 1. The third-order valence-electron chi connectivity index (χ3n) is 2.10. The van der Waals surface area contributed by atoms with Crippen LogP contribution in [0.4, 0.5) is 5.69 Å². The maximum absolute atomic E-state index is 10.6. The van der Waals surface area contributed by atoms with Gasteiger partial charge in [0.2, 0.25) is 0 Å². The van der Waals surface area contributed by atoms with Gasteiger partial charge in [0.25, 0.3) is 5.69 Å². The Balaban J connectivity index is 2.61. The molecule has 0 fully saturated rings. The molecule has 2 aromatic rings. The second-order valence-electron chi connectivity index (χ2n) is 3.06. The summed E-state index contributed by atoms with van der Waals surface area (Å²) in [4.78, 5) is 10.1. The van der Waals surface area contributed by atoms with Gasteiger partial charge in [-0.15, -0.1) is 0 Å². The van der Waals surface area contributed by atoms with Crippen molar-refractivity contribution < 1.29 is 4.92 Å². The number of hydrogen-bond donors (Lipinski definition) is 1. The van der Waals surface area contributed by atoms with Gasteiger partial charge < -0.3 is 0 Å².